The van der Waals surface area contributed by atoms with Crippen LogP contribution in [0.15, 0.2) is 36.9 Å². The van der Waals surface area contributed by atoms with Crippen LogP contribution in [0.5, 0.6) is 0 Å². The minimum absolute atomic E-state index is 0.0146. The summed E-state index contributed by atoms with van der Waals surface area (Å²) in [6, 6.07) is 3.74. The molecule has 0 bridgehead atoms. The predicted molar refractivity (Wildman–Crippen MR) is 117 cm³/mol. The van der Waals surface area contributed by atoms with Gasteiger partial charge in [-0.1, -0.05) is 50.1 Å². The Labute approximate surface area is 175 Å². The van der Waals surface area contributed by atoms with Gasteiger partial charge in [-0.3, -0.25) is 0 Å². The molecule has 0 radical (unpaired) electrons. The van der Waals surface area contributed by atoms with E-state index < -0.39 is 11.6 Å². The minimum Gasteiger partial charge on any atom is -0.203 e. The molecular weight excluding hydrogens is 362 g/mol. The van der Waals surface area contributed by atoms with Gasteiger partial charge < -0.3 is 0 Å². The second-order valence-electron chi connectivity index (χ2n) is 9.97. The highest BCUT2D eigenvalue weighted by atomic mass is 19.2. The molecule has 2 unspecified atom stereocenters. The van der Waals surface area contributed by atoms with Gasteiger partial charge in [-0.15, -0.1) is 6.58 Å². The maximum atomic E-state index is 15.0. The molecule has 2 saturated carbocycles. The van der Waals surface area contributed by atoms with Gasteiger partial charge in [0, 0.05) is 5.92 Å². The van der Waals surface area contributed by atoms with Gasteiger partial charge in [0.05, 0.1) is 0 Å². The van der Waals surface area contributed by atoms with Crippen molar-refractivity contribution >= 4 is 0 Å². The van der Waals surface area contributed by atoms with Gasteiger partial charge in [-0.05, 0) is 92.1 Å². The summed E-state index contributed by atoms with van der Waals surface area (Å²) in [7, 11) is 0. The average Bonchev–Trinajstić information content (AvgIpc) is 2.76. The summed E-state index contributed by atoms with van der Waals surface area (Å²) >= 11 is 0. The van der Waals surface area contributed by atoms with Crippen LogP contribution >= 0.6 is 0 Å². The molecule has 0 aliphatic heterocycles. The van der Waals surface area contributed by atoms with Gasteiger partial charge in [0.25, 0.3) is 0 Å². The maximum absolute atomic E-state index is 15.0. The van der Waals surface area contributed by atoms with E-state index in [0.29, 0.717) is 17.0 Å². The van der Waals surface area contributed by atoms with Crippen LogP contribution in [-0.2, 0) is 0 Å². The lowest BCUT2D eigenvalue weighted by Gasteiger charge is -2.37. The van der Waals surface area contributed by atoms with Crippen LogP contribution in [0.4, 0.5) is 8.78 Å². The number of allylic oxidation sites excluding steroid dienone is 3. The molecule has 29 heavy (non-hydrogen) atoms. The van der Waals surface area contributed by atoms with Gasteiger partial charge in [-0.25, -0.2) is 8.78 Å². The average molecular weight is 399 g/mol. The van der Waals surface area contributed by atoms with Crippen molar-refractivity contribution in [3.63, 3.8) is 0 Å². The van der Waals surface area contributed by atoms with E-state index in [-0.39, 0.29) is 11.8 Å². The first-order valence-electron chi connectivity index (χ1n) is 11.9. The fourth-order valence-electron chi connectivity index (χ4n) is 6.14. The molecular formula is C27H36F2. The van der Waals surface area contributed by atoms with Crippen LogP contribution in [0.3, 0.4) is 0 Å². The Bertz CT molecular complexity index is 733. The molecule has 0 N–H and O–H groups in total. The number of hydrogen-bond donors (Lipinski definition) is 0. The van der Waals surface area contributed by atoms with Gasteiger partial charge in [0.15, 0.2) is 11.6 Å². The first-order chi connectivity index (χ1) is 14.1. The summed E-state index contributed by atoms with van der Waals surface area (Å²) in [6.45, 7) is 6.20. The third-order valence-corrected chi connectivity index (χ3v) is 8.18. The van der Waals surface area contributed by atoms with Crippen molar-refractivity contribution in [3.05, 3.63) is 59.7 Å². The lowest BCUT2D eigenvalue weighted by molar-refractivity contribution is 0.164. The maximum Gasteiger partial charge on any atom is 0.162 e. The van der Waals surface area contributed by atoms with E-state index in [1.807, 2.05) is 24.3 Å². The topological polar surface area (TPSA) is 0 Å². The molecule has 0 heterocycles. The van der Waals surface area contributed by atoms with Crippen LogP contribution in [0.1, 0.15) is 94.1 Å². The highest BCUT2D eigenvalue weighted by Crippen LogP contribution is 2.45. The number of halogens is 2. The largest absolute Gasteiger partial charge is 0.203 e. The van der Waals surface area contributed by atoms with Gasteiger partial charge in [0.1, 0.15) is 0 Å². The van der Waals surface area contributed by atoms with Crippen molar-refractivity contribution < 1.29 is 8.78 Å². The Balaban J connectivity index is 1.41. The monoisotopic (exact) mass is 398 g/mol. The summed E-state index contributed by atoms with van der Waals surface area (Å²) < 4.78 is 30.0. The molecule has 4 rings (SSSR count). The molecule has 3 aliphatic rings. The Morgan fingerprint density at radius 1 is 0.759 bits per heavy atom. The predicted octanol–water partition coefficient (Wildman–Crippen LogP) is 8.30. The molecule has 0 spiro atoms. The molecule has 1 aromatic carbocycles. The van der Waals surface area contributed by atoms with Crippen LogP contribution in [-0.4, -0.2) is 0 Å². The summed E-state index contributed by atoms with van der Waals surface area (Å²) in [5, 5.41) is 0. The van der Waals surface area contributed by atoms with Crippen molar-refractivity contribution in [2.45, 2.75) is 83.0 Å². The second kappa shape index (κ2) is 9.14. The normalized spacial score (nSPS) is 35.4. The van der Waals surface area contributed by atoms with Crippen LogP contribution in [0, 0.1) is 35.3 Å². The SMILES string of the molecule is C=CC1C=CC(c2ccc(C3CCC(C4CCC(C)CC4)CC3)c(F)c2F)CC1. The fraction of sp³-hybridized carbons (Fsp3) is 0.630. The van der Waals surface area contributed by atoms with Crippen molar-refractivity contribution in [1.82, 2.24) is 0 Å². The zero-order valence-corrected chi connectivity index (χ0v) is 17.9. The van der Waals surface area contributed by atoms with Gasteiger partial charge in [-0.2, -0.15) is 0 Å². The lowest BCUT2D eigenvalue weighted by atomic mass is 9.68. The standard InChI is InChI=1S/C27H36F2/c1-3-19-6-10-22(11-7-19)24-16-17-25(27(29)26(24)28)23-14-12-21(13-15-23)20-8-4-18(2)5-9-20/h3,6,10,16-23H,1,4-5,7-9,11-15H2,2H3. The quantitative estimate of drug-likeness (QED) is 0.447. The van der Waals surface area contributed by atoms with E-state index in [2.05, 4.69) is 19.6 Å². The number of benzene rings is 1. The van der Waals surface area contributed by atoms with Crippen molar-refractivity contribution in [3.8, 4) is 0 Å². The number of rotatable bonds is 4. The van der Waals surface area contributed by atoms with E-state index in [0.717, 1.165) is 43.4 Å². The van der Waals surface area contributed by atoms with E-state index in [4.69, 9.17) is 0 Å². The smallest absolute Gasteiger partial charge is 0.162 e. The van der Waals surface area contributed by atoms with Gasteiger partial charge >= 0.3 is 0 Å². The molecule has 0 amide bonds. The lowest BCUT2D eigenvalue weighted by Crippen LogP contribution is -2.25. The molecule has 2 heteroatoms. The van der Waals surface area contributed by atoms with Crippen molar-refractivity contribution in [2.75, 3.05) is 0 Å². The molecule has 0 aromatic heterocycles. The van der Waals surface area contributed by atoms with E-state index in [9.17, 15) is 4.39 Å². The minimum atomic E-state index is -0.613. The van der Waals surface area contributed by atoms with E-state index in [1.165, 1.54) is 38.5 Å². The third kappa shape index (κ3) is 4.52. The Morgan fingerprint density at radius 2 is 1.34 bits per heavy atom. The molecule has 3 aliphatic carbocycles. The van der Waals surface area contributed by atoms with E-state index >= 15 is 4.39 Å². The Hall–Kier alpha value is -1.44. The zero-order chi connectivity index (χ0) is 20.4. The number of hydrogen-bond acceptors (Lipinski definition) is 0. The summed E-state index contributed by atoms with van der Waals surface area (Å²) in [5.74, 6) is 1.89. The van der Waals surface area contributed by atoms with E-state index in [1.54, 1.807) is 0 Å². The first-order valence-corrected chi connectivity index (χ1v) is 11.9. The van der Waals surface area contributed by atoms with Crippen molar-refractivity contribution in [2.24, 2.45) is 23.7 Å². The Morgan fingerprint density at radius 3 is 1.93 bits per heavy atom. The van der Waals surface area contributed by atoms with Crippen LogP contribution in [0.25, 0.3) is 0 Å². The van der Waals surface area contributed by atoms with Crippen LogP contribution in [0.2, 0.25) is 0 Å². The second-order valence-corrected chi connectivity index (χ2v) is 9.97. The Kier molecular flexibility index (Phi) is 6.56. The third-order valence-electron chi connectivity index (χ3n) is 8.18. The van der Waals surface area contributed by atoms with Crippen LogP contribution < -0.4 is 0 Å². The molecule has 0 nitrogen and oxygen atoms in total. The fourth-order valence-corrected chi connectivity index (χ4v) is 6.14. The highest BCUT2D eigenvalue weighted by Gasteiger charge is 2.32. The summed E-state index contributed by atoms with van der Waals surface area (Å²) in [6.07, 6.45) is 17.7. The molecule has 2 fully saturated rings. The molecule has 158 valence electrons. The van der Waals surface area contributed by atoms with Crippen molar-refractivity contribution in [1.29, 1.82) is 0 Å². The molecule has 1 aromatic rings. The first kappa shape index (κ1) is 20.8. The van der Waals surface area contributed by atoms with Gasteiger partial charge in [0.2, 0.25) is 0 Å². The zero-order valence-electron chi connectivity index (χ0n) is 17.9. The highest BCUT2D eigenvalue weighted by molar-refractivity contribution is 5.34. The summed E-state index contributed by atoms with van der Waals surface area (Å²) in [5.41, 5.74) is 1.14. The molecule has 2 atom stereocenters. The molecule has 0 saturated heterocycles. The summed E-state index contributed by atoms with van der Waals surface area (Å²) in [4.78, 5) is 0.